The van der Waals surface area contributed by atoms with Gasteiger partial charge in [0.1, 0.15) is 42.7 Å². The molecule has 0 aliphatic carbocycles. The molecule has 0 spiro atoms. The van der Waals surface area contributed by atoms with E-state index < -0.39 is 106 Å². The number of rotatable bonds is 8. The normalized spacial score (nSPS) is 33.5. The Morgan fingerprint density at radius 1 is 0.861 bits per heavy atom. The minimum absolute atomic E-state index is 0. The SMILES string of the molecule is C.O=C([O-])C1OCC(OS(=O)(=O)[O-])[C@H](O)[C@@H]1O.O=S(=O)([O-])NC1COC(COS(=O)(=O)[O-])[C@@H](O)[C@H]1O. The maximum atomic E-state index is 10.4. The van der Waals surface area contributed by atoms with Gasteiger partial charge >= 0.3 is 0 Å². The molecule has 0 aromatic heterocycles. The summed E-state index contributed by atoms with van der Waals surface area (Å²) in [6, 6.07) is -1.39. The number of carbonyl (C=O) groups is 1. The van der Waals surface area contributed by atoms with Crippen LogP contribution in [-0.4, -0.2) is 134 Å². The number of carboxylic acids is 1. The van der Waals surface area contributed by atoms with Crippen LogP contribution in [0.5, 0.6) is 0 Å². The van der Waals surface area contributed by atoms with Gasteiger partial charge in [0.05, 0.1) is 31.8 Å². The van der Waals surface area contributed by atoms with E-state index in [2.05, 4.69) is 13.1 Å². The second-order valence-electron chi connectivity index (χ2n) is 6.82. The van der Waals surface area contributed by atoms with Crippen molar-refractivity contribution in [1.82, 2.24) is 4.72 Å². The van der Waals surface area contributed by atoms with Gasteiger partial charge in [0.2, 0.25) is 20.8 Å². The van der Waals surface area contributed by atoms with Gasteiger partial charge in [0.25, 0.3) is 0 Å². The van der Waals surface area contributed by atoms with Crippen LogP contribution in [0, 0.1) is 0 Å². The molecule has 36 heavy (non-hydrogen) atoms. The van der Waals surface area contributed by atoms with Crippen LogP contribution in [-0.2, 0) is 53.7 Å². The number of hydrogen-bond acceptors (Lipinski definition) is 19. The summed E-state index contributed by atoms with van der Waals surface area (Å²) in [6.45, 7) is -2.02. The summed E-state index contributed by atoms with van der Waals surface area (Å²) in [5.74, 6) is -1.77. The topological polar surface area (TPSA) is 342 Å². The summed E-state index contributed by atoms with van der Waals surface area (Å²) in [5, 5.41) is 47.9. The quantitative estimate of drug-likeness (QED) is 0.129. The van der Waals surface area contributed by atoms with Gasteiger partial charge < -0.3 is 53.5 Å². The molecule has 2 fully saturated rings. The zero-order chi connectivity index (χ0) is 27.4. The van der Waals surface area contributed by atoms with Crippen molar-refractivity contribution in [2.75, 3.05) is 19.8 Å². The third kappa shape index (κ3) is 11.9. The minimum atomic E-state index is -5.08. The average Bonchev–Trinajstić information content (AvgIpc) is 2.66. The summed E-state index contributed by atoms with van der Waals surface area (Å²) in [6.07, 6.45) is -12.1. The van der Waals surface area contributed by atoms with Gasteiger partial charge in [0.15, 0.2) is 10.3 Å². The molecular weight excluding hydrogens is 570 g/mol. The molecule has 0 aromatic rings. The summed E-state index contributed by atoms with van der Waals surface area (Å²) in [4.78, 5) is 10.4. The number of carboxylic acid groups (broad SMARTS) is 1. The van der Waals surface area contributed by atoms with Gasteiger partial charge in [-0.2, -0.15) is 0 Å². The molecule has 2 heterocycles. The molecule has 2 saturated heterocycles. The maximum absolute atomic E-state index is 10.4. The number of aliphatic hydroxyl groups is 4. The minimum Gasteiger partial charge on any atom is -0.735 e. The lowest BCUT2D eigenvalue weighted by Gasteiger charge is -2.38. The molecule has 8 atom stereocenters. The third-order valence-corrected chi connectivity index (χ3v) is 5.76. The van der Waals surface area contributed by atoms with Crippen molar-refractivity contribution in [3.8, 4) is 0 Å². The molecule has 20 nitrogen and oxygen atoms in total. The Balaban J connectivity index is 0.000000671. The number of aliphatic hydroxyl groups excluding tert-OH is 4. The second-order valence-corrected chi connectivity index (χ2v) is 10.0. The van der Waals surface area contributed by atoms with Crippen molar-refractivity contribution in [3.05, 3.63) is 0 Å². The fourth-order valence-corrected chi connectivity index (χ4v) is 4.06. The van der Waals surface area contributed by atoms with Crippen LogP contribution in [0.4, 0.5) is 0 Å². The van der Waals surface area contributed by atoms with Crippen LogP contribution < -0.4 is 9.83 Å². The molecule has 5 N–H and O–H groups in total. The van der Waals surface area contributed by atoms with E-state index in [1.54, 1.807) is 0 Å². The Kier molecular flexibility index (Phi) is 13.1. The predicted octanol–water partition coefficient (Wildman–Crippen LogP) is -7.66. The number of hydrogen-bond donors (Lipinski definition) is 5. The number of aliphatic carboxylic acids is 1. The Bertz CT molecular complexity index is 1030. The van der Waals surface area contributed by atoms with Crippen LogP contribution in [0.25, 0.3) is 0 Å². The summed E-state index contributed by atoms with van der Waals surface area (Å²) >= 11 is 0. The molecule has 0 bridgehead atoms. The third-order valence-electron chi connectivity index (χ3n) is 4.26. The maximum Gasteiger partial charge on any atom is 0.218 e. The van der Waals surface area contributed by atoms with Gasteiger partial charge in [-0.15, -0.1) is 0 Å². The Morgan fingerprint density at radius 2 is 1.42 bits per heavy atom. The zero-order valence-corrected chi connectivity index (χ0v) is 19.3. The molecule has 0 aromatic carbocycles. The lowest BCUT2D eigenvalue weighted by molar-refractivity contribution is -0.327. The lowest BCUT2D eigenvalue weighted by atomic mass is 9.99. The van der Waals surface area contributed by atoms with Crippen molar-refractivity contribution in [2.24, 2.45) is 0 Å². The van der Waals surface area contributed by atoms with Gasteiger partial charge in [-0.25, -0.2) is 30.0 Å². The number of ether oxygens (including phenoxy) is 2. The van der Waals surface area contributed by atoms with Gasteiger partial charge in [0, 0.05) is 0 Å². The van der Waals surface area contributed by atoms with Crippen molar-refractivity contribution in [1.29, 1.82) is 0 Å². The highest BCUT2D eigenvalue weighted by atomic mass is 32.3. The fourth-order valence-electron chi connectivity index (χ4n) is 2.71. The summed E-state index contributed by atoms with van der Waals surface area (Å²) < 4.78 is 111. The summed E-state index contributed by atoms with van der Waals surface area (Å²) in [7, 11) is -14.9. The van der Waals surface area contributed by atoms with Crippen molar-refractivity contribution in [2.45, 2.75) is 56.2 Å². The molecule has 216 valence electrons. The summed E-state index contributed by atoms with van der Waals surface area (Å²) in [5.41, 5.74) is 0. The molecule has 23 heteroatoms. The molecular formula is C13H23NO19S3-4. The predicted molar refractivity (Wildman–Crippen MR) is 102 cm³/mol. The van der Waals surface area contributed by atoms with Gasteiger partial charge in [-0.05, 0) is 0 Å². The highest BCUT2D eigenvalue weighted by Gasteiger charge is 2.41. The molecule has 0 amide bonds. The standard InChI is InChI=1S/C6H13NO10S2.C6H10O9S.CH4/c8-5-3(7-18(10,11)12)1-16-4(6(5)9)2-17-19(13,14)15;7-3-2(15-16(11,12)13)1-14-5(4(3)8)6(9)10;/h3-9H,1-2H2,(H,10,11,12)(H,13,14,15);2-5,7-8H,1H2,(H,9,10)(H,11,12,13);1H4/p-4/t3?,4?,5-,6+;2?,3-,4-,5?;/m00./s1. The molecule has 2 aliphatic rings. The van der Waals surface area contributed by atoms with E-state index in [0.717, 1.165) is 0 Å². The first kappa shape index (κ1) is 34.8. The van der Waals surface area contributed by atoms with Crippen LogP contribution in [0.1, 0.15) is 7.43 Å². The number of carbonyl (C=O) groups excluding carboxylic acids is 1. The first-order valence-electron chi connectivity index (χ1n) is 8.85. The first-order chi connectivity index (χ1) is 15.7. The van der Waals surface area contributed by atoms with Gasteiger partial charge in [-0.3, -0.25) is 8.37 Å². The van der Waals surface area contributed by atoms with Crippen LogP contribution in [0.3, 0.4) is 0 Å². The zero-order valence-electron chi connectivity index (χ0n) is 16.9. The Labute approximate surface area is 205 Å². The van der Waals surface area contributed by atoms with Crippen molar-refractivity contribution in [3.63, 3.8) is 0 Å². The Hall–Kier alpha value is -1.16. The second kappa shape index (κ2) is 13.6. The number of nitrogens with one attached hydrogen (secondary N) is 1. The molecule has 0 saturated carbocycles. The van der Waals surface area contributed by atoms with Crippen molar-refractivity contribution < 1.29 is 87.1 Å². The first-order valence-corrected chi connectivity index (χ1v) is 12.9. The highest BCUT2D eigenvalue weighted by Crippen LogP contribution is 2.19. The lowest BCUT2D eigenvalue weighted by Crippen LogP contribution is -2.60. The molecule has 0 radical (unpaired) electrons. The van der Waals surface area contributed by atoms with Crippen LogP contribution in [0.15, 0.2) is 0 Å². The van der Waals surface area contributed by atoms with E-state index in [0.29, 0.717) is 0 Å². The van der Waals surface area contributed by atoms with E-state index in [4.69, 9.17) is 4.74 Å². The largest absolute Gasteiger partial charge is 0.735 e. The van der Waals surface area contributed by atoms with E-state index in [9.17, 15) is 69.2 Å². The molecule has 2 rings (SSSR count). The van der Waals surface area contributed by atoms with Crippen LogP contribution >= 0.6 is 0 Å². The average molecular weight is 594 g/mol. The molecule has 4 unspecified atom stereocenters. The van der Waals surface area contributed by atoms with Gasteiger partial charge in [-0.1, -0.05) is 7.43 Å². The fraction of sp³-hybridized carbons (Fsp3) is 0.923. The van der Waals surface area contributed by atoms with Crippen molar-refractivity contribution >= 4 is 37.1 Å². The Morgan fingerprint density at radius 3 is 1.86 bits per heavy atom. The monoisotopic (exact) mass is 593 g/mol. The smallest absolute Gasteiger partial charge is 0.218 e. The van der Waals surface area contributed by atoms with E-state index in [1.807, 2.05) is 0 Å². The highest BCUT2D eigenvalue weighted by molar-refractivity contribution is 7.83. The van der Waals surface area contributed by atoms with E-state index in [-0.39, 0.29) is 7.43 Å². The van der Waals surface area contributed by atoms with E-state index >= 15 is 0 Å². The van der Waals surface area contributed by atoms with E-state index in [1.165, 1.54) is 4.72 Å². The van der Waals surface area contributed by atoms with Crippen LogP contribution in [0.2, 0.25) is 0 Å². The molecule has 2 aliphatic heterocycles.